The topological polar surface area (TPSA) is 84.9 Å². The molecule has 132 valence electrons. The lowest BCUT2D eigenvalue weighted by atomic mass is 9.90. The highest BCUT2D eigenvalue weighted by atomic mass is 16.3. The van der Waals surface area contributed by atoms with E-state index in [1.807, 2.05) is 10.9 Å². The van der Waals surface area contributed by atoms with Gasteiger partial charge in [0.15, 0.2) is 0 Å². The summed E-state index contributed by atoms with van der Waals surface area (Å²) in [7, 11) is 0. The fraction of sp³-hybridized carbons (Fsp3) is 0.750. The molecule has 1 atom stereocenters. The minimum absolute atomic E-state index is 0.235. The first-order valence-corrected chi connectivity index (χ1v) is 8.64. The second kappa shape index (κ2) is 6.60. The fourth-order valence-electron chi connectivity index (χ4n) is 3.23. The maximum Gasteiger partial charge on any atom is 0.141 e. The smallest absolute Gasteiger partial charge is 0.141 e. The van der Waals surface area contributed by atoms with Gasteiger partial charge in [-0.05, 0) is 47.1 Å². The van der Waals surface area contributed by atoms with Crippen molar-refractivity contribution in [3.05, 3.63) is 24.0 Å². The molecule has 1 aliphatic rings. The number of likely N-dealkylation sites (tertiary alicyclic amines) is 1. The summed E-state index contributed by atoms with van der Waals surface area (Å²) in [6.07, 6.45) is 5.09. The zero-order valence-corrected chi connectivity index (χ0v) is 14.9. The maximum absolute atomic E-state index is 11.1. The molecule has 1 N–H and O–H groups in total. The Labute approximate surface area is 142 Å². The minimum atomic E-state index is -0.950. The van der Waals surface area contributed by atoms with E-state index in [4.69, 9.17) is 0 Å². The highest BCUT2D eigenvalue weighted by Crippen LogP contribution is 2.31. The number of hydrogen-bond acceptors (Lipinski definition) is 6. The predicted octanol–water partition coefficient (Wildman–Crippen LogP) is 1.51. The molecule has 1 fully saturated rings. The van der Waals surface area contributed by atoms with Gasteiger partial charge in [0.25, 0.3) is 0 Å². The summed E-state index contributed by atoms with van der Waals surface area (Å²) in [5.41, 5.74) is -0.292. The molecule has 0 saturated carbocycles. The Balaban J connectivity index is 1.74. The van der Waals surface area contributed by atoms with Crippen LogP contribution in [0.3, 0.4) is 0 Å². The second-order valence-corrected chi connectivity index (χ2v) is 7.24. The lowest BCUT2D eigenvalue weighted by Gasteiger charge is -2.37. The van der Waals surface area contributed by atoms with Gasteiger partial charge in [0.05, 0.1) is 12.7 Å². The average Bonchev–Trinajstić information content (AvgIpc) is 3.16. The van der Waals surface area contributed by atoms with E-state index < -0.39 is 5.60 Å². The van der Waals surface area contributed by atoms with Crippen LogP contribution in [0.4, 0.5) is 0 Å². The quantitative estimate of drug-likeness (QED) is 0.893. The Morgan fingerprint density at radius 3 is 2.71 bits per heavy atom. The SMILES string of the molecule is CC(C)n1cc([C@@]2(O)CCCN(Cc3ncnn3C(C)C)C2)nn1. The number of piperidine rings is 1. The van der Waals surface area contributed by atoms with Crippen molar-refractivity contribution in [2.24, 2.45) is 0 Å². The minimum Gasteiger partial charge on any atom is -0.382 e. The Kier molecular flexibility index (Phi) is 4.69. The van der Waals surface area contributed by atoms with Crippen LogP contribution in [0, 0.1) is 0 Å². The molecule has 0 spiro atoms. The van der Waals surface area contributed by atoms with Gasteiger partial charge in [0.2, 0.25) is 0 Å². The van der Waals surface area contributed by atoms with Crippen LogP contribution >= 0.6 is 0 Å². The van der Waals surface area contributed by atoms with Crippen molar-refractivity contribution < 1.29 is 5.11 Å². The Hall–Kier alpha value is -1.80. The second-order valence-electron chi connectivity index (χ2n) is 7.24. The lowest BCUT2D eigenvalue weighted by molar-refractivity contribution is -0.0424. The standard InChI is InChI=1S/C16H27N7O/c1-12(2)22-8-14(19-20-22)16(24)6-5-7-21(10-16)9-15-17-11-18-23(15)13(3)4/h8,11-13,24H,5-7,9-10H2,1-4H3/t16-/m1/s1. The van der Waals surface area contributed by atoms with Crippen LogP contribution in [-0.2, 0) is 12.1 Å². The van der Waals surface area contributed by atoms with Gasteiger partial charge in [0.1, 0.15) is 23.4 Å². The molecule has 3 rings (SSSR count). The van der Waals surface area contributed by atoms with Crippen molar-refractivity contribution in [2.75, 3.05) is 13.1 Å². The molecular formula is C16H27N7O. The van der Waals surface area contributed by atoms with Gasteiger partial charge in [-0.2, -0.15) is 5.10 Å². The van der Waals surface area contributed by atoms with E-state index >= 15 is 0 Å². The number of nitrogens with zero attached hydrogens (tertiary/aromatic N) is 7. The van der Waals surface area contributed by atoms with E-state index in [2.05, 4.69) is 53.0 Å². The molecule has 0 aromatic carbocycles. The molecule has 0 unspecified atom stereocenters. The summed E-state index contributed by atoms with van der Waals surface area (Å²) < 4.78 is 3.73. The number of β-amino-alcohol motifs (C(OH)–C–C–N with tert-alkyl or cyclic N) is 1. The highest BCUT2D eigenvalue weighted by molar-refractivity contribution is 5.10. The van der Waals surface area contributed by atoms with Crippen LogP contribution in [0.25, 0.3) is 0 Å². The van der Waals surface area contributed by atoms with E-state index in [1.54, 1.807) is 11.0 Å². The molecule has 1 saturated heterocycles. The normalized spacial score (nSPS) is 22.6. The van der Waals surface area contributed by atoms with E-state index in [1.165, 1.54) is 0 Å². The third-order valence-corrected chi connectivity index (χ3v) is 4.57. The van der Waals surface area contributed by atoms with Gasteiger partial charge in [-0.3, -0.25) is 4.90 Å². The Morgan fingerprint density at radius 1 is 1.25 bits per heavy atom. The largest absolute Gasteiger partial charge is 0.382 e. The number of aromatic nitrogens is 6. The van der Waals surface area contributed by atoms with Gasteiger partial charge >= 0.3 is 0 Å². The summed E-state index contributed by atoms with van der Waals surface area (Å²) in [5, 5.41) is 23.8. The van der Waals surface area contributed by atoms with Crippen molar-refractivity contribution >= 4 is 0 Å². The van der Waals surface area contributed by atoms with E-state index in [-0.39, 0.29) is 12.1 Å². The van der Waals surface area contributed by atoms with Crippen molar-refractivity contribution in [2.45, 2.75) is 64.8 Å². The van der Waals surface area contributed by atoms with Crippen LogP contribution in [0.2, 0.25) is 0 Å². The van der Waals surface area contributed by atoms with Crippen molar-refractivity contribution in [1.82, 2.24) is 34.7 Å². The first kappa shape index (κ1) is 17.0. The lowest BCUT2D eigenvalue weighted by Crippen LogP contribution is -2.46. The van der Waals surface area contributed by atoms with Crippen LogP contribution in [0.1, 0.15) is 64.1 Å². The summed E-state index contributed by atoms with van der Waals surface area (Å²) in [4.78, 5) is 6.60. The molecular weight excluding hydrogens is 306 g/mol. The molecule has 2 aromatic heterocycles. The zero-order chi connectivity index (χ0) is 17.3. The summed E-state index contributed by atoms with van der Waals surface area (Å²) in [6.45, 7) is 10.4. The molecule has 3 heterocycles. The molecule has 8 nitrogen and oxygen atoms in total. The van der Waals surface area contributed by atoms with E-state index in [9.17, 15) is 5.11 Å². The molecule has 0 aliphatic carbocycles. The van der Waals surface area contributed by atoms with Gasteiger partial charge in [-0.15, -0.1) is 5.10 Å². The third-order valence-electron chi connectivity index (χ3n) is 4.57. The molecule has 0 radical (unpaired) electrons. The first-order valence-electron chi connectivity index (χ1n) is 8.64. The Morgan fingerprint density at radius 2 is 2.04 bits per heavy atom. The molecule has 0 bridgehead atoms. The summed E-state index contributed by atoms with van der Waals surface area (Å²) in [6, 6.07) is 0.510. The predicted molar refractivity (Wildman–Crippen MR) is 89.2 cm³/mol. The van der Waals surface area contributed by atoms with E-state index in [0.717, 1.165) is 18.8 Å². The number of aliphatic hydroxyl groups is 1. The number of rotatable bonds is 5. The van der Waals surface area contributed by atoms with Crippen molar-refractivity contribution in [3.63, 3.8) is 0 Å². The van der Waals surface area contributed by atoms with Gasteiger partial charge < -0.3 is 5.11 Å². The highest BCUT2D eigenvalue weighted by Gasteiger charge is 2.38. The molecule has 2 aromatic rings. The first-order chi connectivity index (χ1) is 11.4. The monoisotopic (exact) mass is 333 g/mol. The van der Waals surface area contributed by atoms with Gasteiger partial charge in [0, 0.05) is 18.6 Å². The molecule has 1 aliphatic heterocycles. The van der Waals surface area contributed by atoms with E-state index in [0.29, 0.717) is 25.2 Å². The average molecular weight is 333 g/mol. The third kappa shape index (κ3) is 3.34. The van der Waals surface area contributed by atoms with Crippen LogP contribution in [0.15, 0.2) is 12.5 Å². The Bertz CT molecular complexity index is 678. The van der Waals surface area contributed by atoms with Crippen LogP contribution in [-0.4, -0.2) is 52.9 Å². The number of hydrogen-bond donors (Lipinski definition) is 1. The zero-order valence-electron chi connectivity index (χ0n) is 14.9. The van der Waals surface area contributed by atoms with Crippen molar-refractivity contribution in [1.29, 1.82) is 0 Å². The maximum atomic E-state index is 11.1. The molecule has 24 heavy (non-hydrogen) atoms. The van der Waals surface area contributed by atoms with Crippen LogP contribution in [0.5, 0.6) is 0 Å². The van der Waals surface area contributed by atoms with Crippen LogP contribution < -0.4 is 0 Å². The molecule has 8 heteroatoms. The molecule has 0 amide bonds. The summed E-state index contributed by atoms with van der Waals surface area (Å²) in [5.74, 6) is 0.931. The van der Waals surface area contributed by atoms with Gasteiger partial charge in [-0.1, -0.05) is 5.21 Å². The summed E-state index contributed by atoms with van der Waals surface area (Å²) >= 11 is 0. The van der Waals surface area contributed by atoms with Crippen molar-refractivity contribution in [3.8, 4) is 0 Å². The fourth-order valence-corrected chi connectivity index (χ4v) is 3.23. The van der Waals surface area contributed by atoms with Gasteiger partial charge in [-0.25, -0.2) is 14.3 Å².